The summed E-state index contributed by atoms with van der Waals surface area (Å²) in [7, 11) is 0. The van der Waals surface area contributed by atoms with Crippen LogP contribution in [0.2, 0.25) is 0 Å². The van der Waals surface area contributed by atoms with Gasteiger partial charge in [-0.1, -0.05) is 17.2 Å². The predicted molar refractivity (Wildman–Crippen MR) is 76.5 cm³/mol. The molecule has 1 rings (SSSR count). The summed E-state index contributed by atoms with van der Waals surface area (Å²) in [6.07, 6.45) is 14.7. The third-order valence-corrected chi connectivity index (χ3v) is 2.61. The van der Waals surface area contributed by atoms with Gasteiger partial charge in [0.15, 0.2) is 0 Å². The molecule has 0 fully saturated rings. The van der Waals surface area contributed by atoms with E-state index in [2.05, 4.69) is 11.1 Å². The van der Waals surface area contributed by atoms with Crippen LogP contribution < -0.4 is 0 Å². The second-order valence-electron chi connectivity index (χ2n) is 4.39. The van der Waals surface area contributed by atoms with E-state index in [0.29, 0.717) is 0 Å². The quantitative estimate of drug-likeness (QED) is 0.308. The van der Waals surface area contributed by atoms with Gasteiger partial charge in [0, 0.05) is 6.07 Å². The summed E-state index contributed by atoms with van der Waals surface area (Å²) in [5, 5.41) is 3.96. The Hall–Kier alpha value is -1.95. The smallest absolute Gasteiger partial charge is 0.133 e. The molecule has 1 aromatic rings. The number of terminal acetylenes is 1. The first-order valence-electron chi connectivity index (χ1n) is 6.57. The van der Waals surface area contributed by atoms with Crippen molar-refractivity contribution >= 4 is 0 Å². The van der Waals surface area contributed by atoms with Crippen LogP contribution in [-0.4, -0.2) is 11.8 Å². The SMILES string of the molecule is C#C/C=C\C=C(/C)OCCCCCc1cc(C)on1. The van der Waals surface area contributed by atoms with Crippen LogP contribution in [-0.2, 0) is 11.2 Å². The maximum absolute atomic E-state index is 5.55. The molecule has 1 heterocycles. The first kappa shape index (κ1) is 15.1. The lowest BCUT2D eigenvalue weighted by molar-refractivity contribution is 0.207. The fraction of sp³-hybridized carbons (Fsp3) is 0.438. The standard InChI is InChI=1S/C16H21NO2/c1-4-5-7-10-14(2)18-12-9-6-8-11-16-13-15(3)19-17-16/h1,5,7,10,13H,6,8-9,11-12H2,2-3H3/b7-5-,14-10+. The van der Waals surface area contributed by atoms with Crippen LogP contribution >= 0.6 is 0 Å². The average molecular weight is 259 g/mol. The number of aryl methyl sites for hydroxylation is 2. The van der Waals surface area contributed by atoms with Crippen molar-refractivity contribution in [2.75, 3.05) is 6.61 Å². The van der Waals surface area contributed by atoms with Gasteiger partial charge in [0.2, 0.25) is 0 Å². The second kappa shape index (κ2) is 9.04. The van der Waals surface area contributed by atoms with E-state index in [9.17, 15) is 0 Å². The Morgan fingerprint density at radius 2 is 2.32 bits per heavy atom. The van der Waals surface area contributed by atoms with Crippen molar-refractivity contribution in [3.63, 3.8) is 0 Å². The molecule has 0 amide bonds. The molecule has 0 saturated carbocycles. The first-order valence-corrected chi connectivity index (χ1v) is 6.57. The molecule has 0 aliphatic rings. The lowest BCUT2D eigenvalue weighted by Gasteiger charge is -2.04. The highest BCUT2D eigenvalue weighted by Gasteiger charge is 1.99. The van der Waals surface area contributed by atoms with Crippen molar-refractivity contribution in [2.45, 2.75) is 39.5 Å². The molecule has 102 valence electrons. The molecule has 0 bridgehead atoms. The highest BCUT2D eigenvalue weighted by atomic mass is 16.5. The summed E-state index contributed by atoms with van der Waals surface area (Å²) >= 11 is 0. The maximum Gasteiger partial charge on any atom is 0.133 e. The van der Waals surface area contributed by atoms with E-state index in [-0.39, 0.29) is 0 Å². The molecule has 0 aliphatic carbocycles. The third kappa shape index (κ3) is 7.15. The number of nitrogens with zero attached hydrogens (tertiary/aromatic N) is 1. The van der Waals surface area contributed by atoms with E-state index < -0.39 is 0 Å². The van der Waals surface area contributed by atoms with E-state index in [1.165, 1.54) is 0 Å². The molecule has 3 nitrogen and oxygen atoms in total. The Balaban J connectivity index is 2.04. The molecule has 1 aromatic heterocycles. The molecule has 19 heavy (non-hydrogen) atoms. The van der Waals surface area contributed by atoms with Crippen molar-refractivity contribution in [3.8, 4) is 12.3 Å². The highest BCUT2D eigenvalue weighted by Crippen LogP contribution is 2.08. The number of unbranched alkanes of at least 4 members (excludes halogenated alkanes) is 2. The van der Waals surface area contributed by atoms with Gasteiger partial charge in [0.1, 0.15) is 5.76 Å². The van der Waals surface area contributed by atoms with E-state index in [1.54, 1.807) is 6.08 Å². The number of rotatable bonds is 8. The third-order valence-electron chi connectivity index (χ3n) is 2.61. The second-order valence-corrected chi connectivity index (χ2v) is 4.39. The van der Waals surface area contributed by atoms with Gasteiger partial charge in [0.25, 0.3) is 0 Å². The first-order chi connectivity index (χ1) is 9.22. The summed E-state index contributed by atoms with van der Waals surface area (Å²) in [6.45, 7) is 4.58. The summed E-state index contributed by atoms with van der Waals surface area (Å²) in [4.78, 5) is 0. The van der Waals surface area contributed by atoms with E-state index in [1.807, 2.05) is 32.1 Å². The van der Waals surface area contributed by atoms with Gasteiger partial charge >= 0.3 is 0 Å². The Bertz CT molecular complexity index is 463. The fourth-order valence-electron chi connectivity index (χ4n) is 1.64. The summed E-state index contributed by atoms with van der Waals surface area (Å²) in [5.41, 5.74) is 1.04. The molecule has 0 atom stereocenters. The van der Waals surface area contributed by atoms with Gasteiger partial charge in [-0.15, -0.1) is 6.42 Å². The molecule has 0 saturated heterocycles. The molecule has 0 unspecified atom stereocenters. The number of allylic oxidation sites excluding steroid dienone is 4. The molecular weight excluding hydrogens is 238 g/mol. The van der Waals surface area contributed by atoms with Crippen molar-refractivity contribution < 1.29 is 9.26 Å². The Morgan fingerprint density at radius 1 is 1.47 bits per heavy atom. The predicted octanol–water partition coefficient (Wildman–Crippen LogP) is 3.81. The van der Waals surface area contributed by atoms with Crippen molar-refractivity contribution in [1.82, 2.24) is 5.16 Å². The van der Waals surface area contributed by atoms with Gasteiger partial charge in [0.05, 0.1) is 18.1 Å². The van der Waals surface area contributed by atoms with Crippen LogP contribution in [0.4, 0.5) is 0 Å². The topological polar surface area (TPSA) is 35.3 Å². The van der Waals surface area contributed by atoms with Crippen LogP contribution in [0.15, 0.2) is 34.6 Å². The Labute approximate surface area is 115 Å². The molecule has 3 heteroatoms. The molecule has 0 aromatic carbocycles. The number of hydrogen-bond acceptors (Lipinski definition) is 3. The van der Waals surface area contributed by atoms with Crippen LogP contribution in [0.3, 0.4) is 0 Å². The van der Waals surface area contributed by atoms with Crippen LogP contribution in [0.1, 0.15) is 37.6 Å². The normalized spacial score (nSPS) is 11.7. The zero-order valence-corrected chi connectivity index (χ0v) is 11.7. The largest absolute Gasteiger partial charge is 0.498 e. The van der Waals surface area contributed by atoms with Gasteiger partial charge < -0.3 is 9.26 Å². The molecule has 0 aliphatic heterocycles. The van der Waals surface area contributed by atoms with Crippen molar-refractivity contribution in [1.29, 1.82) is 0 Å². The summed E-state index contributed by atoms with van der Waals surface area (Å²) in [6, 6.07) is 1.99. The Morgan fingerprint density at radius 3 is 3.00 bits per heavy atom. The van der Waals surface area contributed by atoms with E-state index in [0.717, 1.165) is 49.5 Å². The fourth-order valence-corrected chi connectivity index (χ4v) is 1.64. The maximum atomic E-state index is 5.55. The minimum atomic E-state index is 0.740. The van der Waals surface area contributed by atoms with Crippen molar-refractivity contribution in [2.24, 2.45) is 0 Å². The average Bonchev–Trinajstić information content (AvgIpc) is 2.80. The van der Waals surface area contributed by atoms with Gasteiger partial charge in [-0.05, 0) is 51.7 Å². The molecule has 0 radical (unpaired) electrons. The van der Waals surface area contributed by atoms with Gasteiger partial charge in [-0.2, -0.15) is 0 Å². The zero-order chi connectivity index (χ0) is 13.9. The van der Waals surface area contributed by atoms with E-state index >= 15 is 0 Å². The lowest BCUT2D eigenvalue weighted by atomic mass is 10.1. The minimum Gasteiger partial charge on any atom is -0.498 e. The minimum absolute atomic E-state index is 0.740. The van der Waals surface area contributed by atoms with Crippen LogP contribution in [0.25, 0.3) is 0 Å². The summed E-state index contributed by atoms with van der Waals surface area (Å²) in [5.74, 6) is 4.19. The van der Waals surface area contributed by atoms with Crippen LogP contribution in [0, 0.1) is 19.3 Å². The lowest BCUT2D eigenvalue weighted by Crippen LogP contribution is -1.93. The van der Waals surface area contributed by atoms with Gasteiger partial charge in [-0.25, -0.2) is 0 Å². The van der Waals surface area contributed by atoms with E-state index in [4.69, 9.17) is 15.7 Å². The molecule has 0 N–H and O–H groups in total. The monoisotopic (exact) mass is 259 g/mol. The number of hydrogen-bond donors (Lipinski definition) is 0. The van der Waals surface area contributed by atoms with Crippen LogP contribution in [0.5, 0.6) is 0 Å². The Kier molecular flexibility index (Phi) is 7.19. The highest BCUT2D eigenvalue weighted by molar-refractivity contribution is 5.16. The zero-order valence-electron chi connectivity index (χ0n) is 11.7. The number of aromatic nitrogens is 1. The molecular formula is C16H21NO2. The number of ether oxygens (including phenoxy) is 1. The van der Waals surface area contributed by atoms with Crippen molar-refractivity contribution in [3.05, 3.63) is 41.5 Å². The summed E-state index contributed by atoms with van der Waals surface area (Å²) < 4.78 is 10.6. The molecule has 0 spiro atoms. The van der Waals surface area contributed by atoms with Gasteiger partial charge in [-0.3, -0.25) is 0 Å².